The lowest BCUT2D eigenvalue weighted by molar-refractivity contribution is -0.138. The third-order valence-corrected chi connectivity index (χ3v) is 6.13. The van der Waals surface area contributed by atoms with Crippen LogP contribution in [0.1, 0.15) is 54.6 Å². The van der Waals surface area contributed by atoms with Crippen molar-refractivity contribution in [3.63, 3.8) is 0 Å². The van der Waals surface area contributed by atoms with Crippen molar-refractivity contribution in [2.75, 3.05) is 0 Å². The van der Waals surface area contributed by atoms with E-state index in [1.807, 2.05) is 13.8 Å². The number of hydrogen-bond donors (Lipinski definition) is 2. The van der Waals surface area contributed by atoms with Crippen LogP contribution in [-0.4, -0.2) is 23.0 Å². The maximum absolute atomic E-state index is 13.2. The molecule has 6 nitrogen and oxygen atoms in total. The van der Waals surface area contributed by atoms with Crippen LogP contribution in [0.2, 0.25) is 0 Å². The second kappa shape index (κ2) is 11.3. The predicted molar refractivity (Wildman–Crippen MR) is 129 cm³/mol. The smallest absolute Gasteiger partial charge is 0.416 e. The van der Waals surface area contributed by atoms with Gasteiger partial charge in [0.25, 0.3) is 5.91 Å². The second-order valence-corrected chi connectivity index (χ2v) is 8.55. The first-order valence-electron chi connectivity index (χ1n) is 11.6. The van der Waals surface area contributed by atoms with Gasteiger partial charge >= 0.3 is 12.1 Å². The molecule has 1 atom stereocenters. The Hall–Kier alpha value is -3.75. The molecule has 36 heavy (non-hydrogen) atoms. The van der Waals surface area contributed by atoms with Crippen LogP contribution in [0.5, 0.6) is 5.75 Å². The largest absolute Gasteiger partial charge is 0.487 e. The zero-order valence-electron chi connectivity index (χ0n) is 20.0. The molecule has 0 spiro atoms. The minimum atomic E-state index is -4.45. The van der Waals surface area contributed by atoms with Crippen LogP contribution in [-0.2, 0) is 17.6 Å². The summed E-state index contributed by atoms with van der Waals surface area (Å²) in [4.78, 5) is 25.1. The minimum Gasteiger partial charge on any atom is -0.487 e. The first-order valence-corrected chi connectivity index (χ1v) is 11.6. The fraction of sp³-hybridized carbons (Fsp3) is 0.333. The van der Waals surface area contributed by atoms with Crippen molar-refractivity contribution in [2.24, 2.45) is 5.92 Å². The van der Waals surface area contributed by atoms with Gasteiger partial charge < -0.3 is 19.6 Å². The Morgan fingerprint density at radius 2 is 1.75 bits per heavy atom. The Morgan fingerprint density at radius 1 is 1.08 bits per heavy atom. The number of carbonyl (C=O) groups is 2. The number of rotatable bonds is 11. The molecule has 1 aromatic heterocycles. The van der Waals surface area contributed by atoms with E-state index in [4.69, 9.17) is 9.15 Å². The monoisotopic (exact) mass is 503 g/mol. The summed E-state index contributed by atoms with van der Waals surface area (Å²) in [7, 11) is 0. The molecule has 3 aromatic rings. The molecular weight excluding hydrogens is 475 g/mol. The molecule has 0 saturated carbocycles. The van der Waals surface area contributed by atoms with Gasteiger partial charge in [-0.25, -0.2) is 4.79 Å². The van der Waals surface area contributed by atoms with Crippen molar-refractivity contribution in [1.29, 1.82) is 0 Å². The van der Waals surface area contributed by atoms with Crippen LogP contribution in [0.25, 0.3) is 11.0 Å². The summed E-state index contributed by atoms with van der Waals surface area (Å²) in [5, 5.41) is 12.7. The number of furan rings is 1. The van der Waals surface area contributed by atoms with E-state index in [9.17, 15) is 27.9 Å². The fourth-order valence-corrected chi connectivity index (χ4v) is 3.91. The molecule has 2 N–H and O–H groups in total. The molecule has 1 amide bonds. The summed E-state index contributed by atoms with van der Waals surface area (Å²) in [6, 6.07) is 7.80. The Labute approximate surface area is 206 Å². The van der Waals surface area contributed by atoms with Crippen LogP contribution in [0.4, 0.5) is 13.2 Å². The van der Waals surface area contributed by atoms with E-state index in [0.717, 1.165) is 25.0 Å². The summed E-state index contributed by atoms with van der Waals surface area (Å²) in [6.07, 6.45) is -0.868. The van der Waals surface area contributed by atoms with E-state index >= 15 is 0 Å². The zero-order valence-corrected chi connectivity index (χ0v) is 20.0. The van der Waals surface area contributed by atoms with Gasteiger partial charge in [0.05, 0.1) is 22.8 Å². The molecule has 3 rings (SSSR count). The number of aliphatic carboxylic acids is 1. The lowest BCUT2D eigenvalue weighted by Gasteiger charge is -2.21. The van der Waals surface area contributed by atoms with Crippen molar-refractivity contribution in [3.8, 4) is 5.75 Å². The van der Waals surface area contributed by atoms with E-state index in [0.29, 0.717) is 28.5 Å². The summed E-state index contributed by atoms with van der Waals surface area (Å²) < 4.78 is 49.8. The van der Waals surface area contributed by atoms with Gasteiger partial charge in [-0.3, -0.25) is 4.79 Å². The third kappa shape index (κ3) is 6.27. The third-order valence-electron chi connectivity index (χ3n) is 6.13. The Kier molecular flexibility index (Phi) is 8.45. The molecule has 192 valence electrons. The lowest BCUT2D eigenvalue weighted by atomic mass is 9.91. The SMILES string of the molecule is C=C(CC(CC)CC)[C@H](NC(=O)c1ccc2occc2c1OCc1ccc(C(F)(F)F)cc1)C(=O)O. The molecule has 0 aliphatic carbocycles. The topological polar surface area (TPSA) is 88.8 Å². The van der Waals surface area contributed by atoms with Gasteiger partial charge in [-0.2, -0.15) is 13.2 Å². The molecule has 0 radical (unpaired) electrons. The molecule has 0 aliphatic heterocycles. The van der Waals surface area contributed by atoms with Crippen molar-refractivity contribution in [3.05, 3.63) is 77.6 Å². The van der Waals surface area contributed by atoms with Crippen LogP contribution in [0, 0.1) is 5.92 Å². The highest BCUT2D eigenvalue weighted by atomic mass is 19.4. The Morgan fingerprint density at radius 3 is 2.33 bits per heavy atom. The number of carboxylic acid groups (broad SMARTS) is 1. The number of nitrogens with one attached hydrogen (secondary N) is 1. The number of benzene rings is 2. The van der Waals surface area contributed by atoms with E-state index in [2.05, 4.69) is 11.9 Å². The van der Waals surface area contributed by atoms with Crippen LogP contribution >= 0.6 is 0 Å². The van der Waals surface area contributed by atoms with Crippen molar-refractivity contribution >= 4 is 22.8 Å². The van der Waals surface area contributed by atoms with Crippen LogP contribution in [0.15, 0.2) is 65.3 Å². The second-order valence-electron chi connectivity index (χ2n) is 8.55. The Balaban J connectivity index is 1.85. The zero-order chi connectivity index (χ0) is 26.5. The number of carboxylic acids is 1. The molecule has 2 aromatic carbocycles. The summed E-state index contributed by atoms with van der Waals surface area (Å²) >= 11 is 0. The highest BCUT2D eigenvalue weighted by Gasteiger charge is 2.30. The van der Waals surface area contributed by atoms with Gasteiger partial charge in [0.1, 0.15) is 24.0 Å². The van der Waals surface area contributed by atoms with Gasteiger partial charge in [0.15, 0.2) is 0 Å². The molecule has 1 heterocycles. The quantitative estimate of drug-likeness (QED) is 0.288. The van der Waals surface area contributed by atoms with Gasteiger partial charge in [-0.05, 0) is 53.8 Å². The van der Waals surface area contributed by atoms with E-state index < -0.39 is 29.7 Å². The van der Waals surface area contributed by atoms with Crippen LogP contribution in [0.3, 0.4) is 0 Å². The molecule has 0 fully saturated rings. The maximum atomic E-state index is 13.2. The predicted octanol–water partition coefficient (Wildman–Crippen LogP) is 6.60. The standard InChI is InChI=1S/C27H28F3NO5/c1-4-17(5-2)14-16(3)23(26(33)34)31-25(32)21-10-11-22-20(12-13-35-22)24(21)36-15-18-6-8-19(9-7-18)27(28,29)30/h6-13,17,23H,3-5,14-15H2,1-2H3,(H,31,32)(H,33,34)/t23-/m0/s1. The number of ether oxygens (including phenoxy) is 1. The first kappa shape index (κ1) is 26.8. The molecule has 0 saturated heterocycles. The average Bonchev–Trinajstić information content (AvgIpc) is 3.32. The number of carbonyl (C=O) groups excluding carboxylic acids is 1. The highest BCUT2D eigenvalue weighted by molar-refractivity contribution is 6.04. The summed E-state index contributed by atoms with van der Waals surface area (Å²) in [5.41, 5.74) is 0.564. The van der Waals surface area contributed by atoms with Gasteiger partial charge in [-0.15, -0.1) is 0 Å². The number of alkyl halides is 3. The normalized spacial score (nSPS) is 12.5. The Bertz CT molecular complexity index is 1230. The highest BCUT2D eigenvalue weighted by Crippen LogP contribution is 2.33. The van der Waals surface area contributed by atoms with Crippen molar-refractivity contribution in [1.82, 2.24) is 5.32 Å². The molecule has 0 bridgehead atoms. The minimum absolute atomic E-state index is 0.0670. The van der Waals surface area contributed by atoms with E-state index in [1.54, 1.807) is 12.1 Å². The molecule has 0 aliphatic rings. The lowest BCUT2D eigenvalue weighted by Crippen LogP contribution is -2.42. The van der Waals surface area contributed by atoms with E-state index in [-0.39, 0.29) is 23.8 Å². The number of halogens is 3. The number of fused-ring (bicyclic) bond motifs is 1. The van der Waals surface area contributed by atoms with Gasteiger partial charge in [0.2, 0.25) is 0 Å². The van der Waals surface area contributed by atoms with Crippen LogP contribution < -0.4 is 10.1 Å². The number of hydrogen-bond acceptors (Lipinski definition) is 4. The molecule has 9 heteroatoms. The first-order chi connectivity index (χ1) is 17.0. The summed E-state index contributed by atoms with van der Waals surface area (Å²) in [6.45, 7) is 7.80. The molecule has 0 unspecified atom stereocenters. The maximum Gasteiger partial charge on any atom is 0.416 e. The van der Waals surface area contributed by atoms with Crippen molar-refractivity contribution < 1.29 is 37.0 Å². The van der Waals surface area contributed by atoms with Gasteiger partial charge in [0, 0.05) is 0 Å². The molecular formula is C27H28F3NO5. The van der Waals surface area contributed by atoms with E-state index in [1.165, 1.54) is 24.5 Å². The summed E-state index contributed by atoms with van der Waals surface area (Å²) in [5.74, 6) is -1.52. The average molecular weight is 504 g/mol. The van der Waals surface area contributed by atoms with Gasteiger partial charge in [-0.1, -0.05) is 45.4 Å². The van der Waals surface area contributed by atoms with Crippen molar-refractivity contribution in [2.45, 2.75) is 51.9 Å². The fourth-order valence-electron chi connectivity index (χ4n) is 3.91. The number of amides is 1.